The lowest BCUT2D eigenvalue weighted by Gasteiger charge is -2.32. The lowest BCUT2D eigenvalue weighted by Crippen LogP contribution is -2.45. The minimum atomic E-state index is -0.205. The maximum atomic E-state index is 12.6. The van der Waals surface area contributed by atoms with Crippen molar-refractivity contribution in [1.82, 2.24) is 14.9 Å². The summed E-state index contributed by atoms with van der Waals surface area (Å²) in [6.45, 7) is 9.89. The van der Waals surface area contributed by atoms with E-state index < -0.39 is 0 Å². The summed E-state index contributed by atoms with van der Waals surface area (Å²) in [4.78, 5) is 26.1. The van der Waals surface area contributed by atoms with Crippen molar-refractivity contribution in [2.75, 3.05) is 43.4 Å². The molecule has 1 aromatic heterocycles. The third kappa shape index (κ3) is 4.38. The molecule has 1 aliphatic rings. The van der Waals surface area contributed by atoms with Gasteiger partial charge in [0.1, 0.15) is 5.69 Å². The molecular weight excluding hydrogens is 326 g/mol. The van der Waals surface area contributed by atoms with Gasteiger partial charge in [-0.2, -0.15) is 0 Å². The molecular formula is C20H27N5O. The highest BCUT2D eigenvalue weighted by atomic mass is 16.1. The number of aryl methyl sites for hydroxylation is 1. The summed E-state index contributed by atoms with van der Waals surface area (Å²) in [5.41, 5.74) is 3.23. The molecule has 138 valence electrons. The van der Waals surface area contributed by atoms with E-state index in [2.05, 4.69) is 46.0 Å². The second kappa shape index (κ2) is 7.83. The van der Waals surface area contributed by atoms with Crippen molar-refractivity contribution < 1.29 is 4.79 Å². The van der Waals surface area contributed by atoms with Crippen LogP contribution in [0.15, 0.2) is 30.3 Å². The average Bonchev–Trinajstić information content (AvgIpc) is 2.62. The maximum absolute atomic E-state index is 12.6. The Labute approximate surface area is 155 Å². The zero-order valence-electron chi connectivity index (χ0n) is 16.0. The molecule has 6 nitrogen and oxygen atoms in total. The monoisotopic (exact) mass is 353 g/mol. The number of carbonyl (C=O) groups is 1. The smallest absolute Gasteiger partial charge is 0.274 e. The predicted molar refractivity (Wildman–Crippen MR) is 105 cm³/mol. The minimum Gasteiger partial charge on any atom is -0.338 e. The Morgan fingerprint density at radius 2 is 1.73 bits per heavy atom. The Balaban J connectivity index is 1.74. The molecule has 6 heteroatoms. The third-order valence-corrected chi connectivity index (χ3v) is 4.70. The first-order valence-corrected chi connectivity index (χ1v) is 9.13. The normalized spacial score (nSPS) is 15.3. The van der Waals surface area contributed by atoms with E-state index in [9.17, 15) is 4.79 Å². The van der Waals surface area contributed by atoms with Crippen LogP contribution in [0.5, 0.6) is 0 Å². The van der Waals surface area contributed by atoms with Gasteiger partial charge in [0.15, 0.2) is 0 Å². The molecule has 1 aliphatic heterocycles. The van der Waals surface area contributed by atoms with Gasteiger partial charge in [0.2, 0.25) is 5.95 Å². The quantitative estimate of drug-likeness (QED) is 0.916. The zero-order valence-corrected chi connectivity index (χ0v) is 16.0. The SMILES string of the molecule is Cc1cc(C(=O)Nc2ccc(C(C)C)cc2)nc(N2CCN(C)CC2)n1. The van der Waals surface area contributed by atoms with Crippen LogP contribution in [-0.4, -0.2) is 54.0 Å². The van der Waals surface area contributed by atoms with E-state index in [1.54, 1.807) is 6.07 Å². The standard InChI is InChI=1S/C20H27N5O/c1-14(2)16-5-7-17(8-6-16)22-19(26)18-13-15(3)21-20(23-18)25-11-9-24(4)10-12-25/h5-8,13-14H,9-12H2,1-4H3,(H,22,26). The van der Waals surface area contributed by atoms with Gasteiger partial charge >= 0.3 is 0 Å². The summed E-state index contributed by atoms with van der Waals surface area (Å²) in [6.07, 6.45) is 0. The molecule has 0 bridgehead atoms. The molecule has 0 unspecified atom stereocenters. The van der Waals surface area contributed by atoms with Crippen molar-refractivity contribution in [3.63, 3.8) is 0 Å². The topological polar surface area (TPSA) is 61.4 Å². The fraction of sp³-hybridized carbons (Fsp3) is 0.450. The second-order valence-electron chi connectivity index (χ2n) is 7.22. The summed E-state index contributed by atoms with van der Waals surface area (Å²) >= 11 is 0. The van der Waals surface area contributed by atoms with Crippen LogP contribution in [0.1, 0.15) is 41.5 Å². The number of likely N-dealkylation sites (N-methyl/N-ethyl adjacent to an activating group) is 1. The van der Waals surface area contributed by atoms with Gasteiger partial charge in [-0.1, -0.05) is 26.0 Å². The number of hydrogen-bond donors (Lipinski definition) is 1. The number of hydrogen-bond acceptors (Lipinski definition) is 5. The van der Waals surface area contributed by atoms with E-state index >= 15 is 0 Å². The number of anilines is 2. The summed E-state index contributed by atoms with van der Waals surface area (Å²) in [5, 5.41) is 2.93. The summed E-state index contributed by atoms with van der Waals surface area (Å²) < 4.78 is 0. The highest BCUT2D eigenvalue weighted by Crippen LogP contribution is 2.18. The molecule has 1 N–H and O–H groups in total. The number of carbonyl (C=O) groups excluding carboxylic acids is 1. The van der Waals surface area contributed by atoms with E-state index in [4.69, 9.17) is 0 Å². The fourth-order valence-corrected chi connectivity index (χ4v) is 2.96. The Morgan fingerprint density at radius 3 is 2.35 bits per heavy atom. The van der Waals surface area contributed by atoms with Gasteiger partial charge in [0.25, 0.3) is 5.91 Å². The van der Waals surface area contributed by atoms with E-state index in [0.29, 0.717) is 17.6 Å². The predicted octanol–water partition coefficient (Wildman–Crippen LogP) is 2.91. The Bertz CT molecular complexity index is 764. The first-order valence-electron chi connectivity index (χ1n) is 9.13. The molecule has 0 radical (unpaired) electrons. The molecule has 2 heterocycles. The molecule has 0 saturated carbocycles. The molecule has 26 heavy (non-hydrogen) atoms. The van der Waals surface area contributed by atoms with Crippen molar-refractivity contribution in [3.05, 3.63) is 47.3 Å². The molecule has 1 amide bonds. The molecule has 1 saturated heterocycles. The van der Waals surface area contributed by atoms with Crippen molar-refractivity contribution >= 4 is 17.5 Å². The molecule has 0 atom stereocenters. The van der Waals surface area contributed by atoms with Crippen LogP contribution in [0.3, 0.4) is 0 Å². The van der Waals surface area contributed by atoms with E-state index in [-0.39, 0.29) is 5.91 Å². The molecule has 3 rings (SSSR count). The van der Waals surface area contributed by atoms with Gasteiger partial charge in [-0.05, 0) is 43.7 Å². The first-order chi connectivity index (χ1) is 12.4. The van der Waals surface area contributed by atoms with Gasteiger partial charge in [-0.3, -0.25) is 4.79 Å². The molecule has 0 spiro atoms. The van der Waals surface area contributed by atoms with Gasteiger partial charge < -0.3 is 15.1 Å². The lowest BCUT2D eigenvalue weighted by atomic mass is 10.0. The van der Waals surface area contributed by atoms with E-state index in [1.807, 2.05) is 31.2 Å². The van der Waals surface area contributed by atoms with Gasteiger partial charge in [-0.15, -0.1) is 0 Å². The zero-order chi connectivity index (χ0) is 18.7. The third-order valence-electron chi connectivity index (χ3n) is 4.70. The minimum absolute atomic E-state index is 0.205. The van der Waals surface area contributed by atoms with Crippen LogP contribution in [0.25, 0.3) is 0 Å². The first kappa shape index (κ1) is 18.3. The molecule has 0 aliphatic carbocycles. The number of nitrogens with one attached hydrogen (secondary N) is 1. The van der Waals surface area contributed by atoms with Crippen LogP contribution in [0.4, 0.5) is 11.6 Å². The van der Waals surface area contributed by atoms with Crippen LogP contribution in [0, 0.1) is 6.92 Å². The van der Waals surface area contributed by atoms with Crippen LogP contribution < -0.4 is 10.2 Å². The van der Waals surface area contributed by atoms with E-state index in [0.717, 1.165) is 37.6 Å². The highest BCUT2D eigenvalue weighted by Gasteiger charge is 2.19. The van der Waals surface area contributed by atoms with Gasteiger partial charge in [-0.25, -0.2) is 9.97 Å². The van der Waals surface area contributed by atoms with Crippen molar-refractivity contribution in [2.45, 2.75) is 26.7 Å². The second-order valence-corrected chi connectivity index (χ2v) is 7.22. The number of benzene rings is 1. The molecule has 1 fully saturated rings. The Hall–Kier alpha value is -2.47. The highest BCUT2D eigenvalue weighted by molar-refractivity contribution is 6.03. The van der Waals surface area contributed by atoms with Gasteiger partial charge in [0.05, 0.1) is 0 Å². The van der Waals surface area contributed by atoms with Gasteiger partial charge in [0, 0.05) is 37.6 Å². The number of rotatable bonds is 4. The van der Waals surface area contributed by atoms with Crippen LogP contribution >= 0.6 is 0 Å². The van der Waals surface area contributed by atoms with Crippen LogP contribution in [0.2, 0.25) is 0 Å². The number of aromatic nitrogens is 2. The van der Waals surface area contributed by atoms with E-state index in [1.165, 1.54) is 5.56 Å². The molecule has 2 aromatic rings. The molecule has 1 aromatic carbocycles. The number of piperazine rings is 1. The summed E-state index contributed by atoms with van der Waals surface area (Å²) in [6, 6.07) is 9.69. The van der Waals surface area contributed by atoms with Crippen molar-refractivity contribution in [3.8, 4) is 0 Å². The summed E-state index contributed by atoms with van der Waals surface area (Å²) in [7, 11) is 2.11. The average molecular weight is 353 g/mol. The Kier molecular flexibility index (Phi) is 5.52. The Morgan fingerprint density at radius 1 is 1.08 bits per heavy atom. The fourth-order valence-electron chi connectivity index (χ4n) is 2.96. The lowest BCUT2D eigenvalue weighted by molar-refractivity contribution is 0.102. The number of amides is 1. The van der Waals surface area contributed by atoms with Crippen LogP contribution in [-0.2, 0) is 0 Å². The van der Waals surface area contributed by atoms with Crippen molar-refractivity contribution in [1.29, 1.82) is 0 Å². The van der Waals surface area contributed by atoms with Crippen molar-refractivity contribution in [2.24, 2.45) is 0 Å². The maximum Gasteiger partial charge on any atom is 0.274 e. The largest absolute Gasteiger partial charge is 0.338 e. The summed E-state index contributed by atoms with van der Waals surface area (Å²) in [5.74, 6) is 0.900. The number of nitrogens with zero attached hydrogens (tertiary/aromatic N) is 4.